The van der Waals surface area contributed by atoms with Crippen LogP contribution >= 0.6 is 0 Å². The fourth-order valence-electron chi connectivity index (χ4n) is 4.45. The molecule has 0 heterocycles. The minimum absolute atomic E-state index is 0. The quantitative estimate of drug-likeness (QED) is 0.0520. The molecule has 0 amide bonds. The molecule has 0 atom stereocenters. The van der Waals surface area contributed by atoms with Crippen LogP contribution in [0.15, 0.2) is 153 Å². The Morgan fingerprint density at radius 2 is 0.604 bits per heavy atom. The summed E-state index contributed by atoms with van der Waals surface area (Å²) >= 11 is 0. The Morgan fingerprint density at radius 3 is 0.868 bits per heavy atom. The van der Waals surface area contributed by atoms with Gasteiger partial charge in [0.1, 0.15) is 23.0 Å². The summed E-state index contributed by atoms with van der Waals surface area (Å²) in [7, 11) is 0. The molecule has 6 aromatic carbocycles. The molecule has 0 radical (unpaired) electrons. The zero-order valence-corrected chi connectivity index (χ0v) is 30.2. The summed E-state index contributed by atoms with van der Waals surface area (Å²) in [6, 6.07) is 38.1. The SMILES string of the molecule is Nc1ccc(N=Cc2ccccc2O)c(N=Cc2ccccc2O)c1.Nc1ccc(N=Cc2ccccc2O)c(N=Cc2ccccc2O)c1.O.[Fe].[Fe]. The summed E-state index contributed by atoms with van der Waals surface area (Å²) in [6.07, 6.45) is 6.26. The van der Waals surface area contributed by atoms with E-state index in [0.29, 0.717) is 56.4 Å². The molecule has 0 aromatic heterocycles. The Balaban J connectivity index is 0.000000347. The molecular weight excluding hydrogens is 756 g/mol. The van der Waals surface area contributed by atoms with E-state index < -0.39 is 0 Å². The Bertz CT molecular complexity index is 2070. The number of aliphatic imine (C=N–C) groups is 4. The second-order valence-corrected chi connectivity index (χ2v) is 10.8. The van der Waals surface area contributed by atoms with E-state index in [1.807, 2.05) is 24.3 Å². The van der Waals surface area contributed by atoms with Crippen molar-refractivity contribution in [3.05, 3.63) is 156 Å². The zero-order chi connectivity index (χ0) is 35.3. The minimum atomic E-state index is 0. The molecule has 6 aromatic rings. The summed E-state index contributed by atoms with van der Waals surface area (Å²) in [6.45, 7) is 0. The average Bonchev–Trinajstić information content (AvgIpc) is 3.12. The van der Waals surface area contributed by atoms with Crippen LogP contribution in [0.2, 0.25) is 0 Å². The van der Waals surface area contributed by atoms with Gasteiger partial charge in [0.15, 0.2) is 0 Å². The zero-order valence-electron chi connectivity index (χ0n) is 28.0. The Morgan fingerprint density at radius 1 is 0.358 bits per heavy atom. The number of anilines is 2. The molecule has 0 spiro atoms. The number of hydrogen-bond donors (Lipinski definition) is 6. The van der Waals surface area contributed by atoms with Gasteiger partial charge < -0.3 is 37.4 Å². The summed E-state index contributed by atoms with van der Waals surface area (Å²) < 4.78 is 0. The standard InChI is InChI=1S/2C20H17N3O2.2Fe.H2O/c2*21-16-9-10-17(22-12-14-5-1-3-7-19(14)24)18(11-16)23-13-15-6-2-4-8-20(15)25;;;/h2*1-13,24-25H,21H2;;;1H2. The Hall–Kier alpha value is -6.20. The predicted octanol–water partition coefficient (Wildman–Crippen LogP) is 7.53. The van der Waals surface area contributed by atoms with Crippen molar-refractivity contribution in [3.63, 3.8) is 0 Å². The molecule has 0 aliphatic carbocycles. The fraction of sp³-hybridized carbons (Fsp3) is 0. The molecule has 53 heavy (non-hydrogen) atoms. The van der Waals surface area contributed by atoms with Crippen LogP contribution < -0.4 is 11.5 Å². The average molecular weight is 792 g/mol. The van der Waals surface area contributed by atoms with Gasteiger partial charge in [-0.1, -0.05) is 48.5 Å². The molecule has 0 fully saturated rings. The Kier molecular flexibility index (Phi) is 17.2. The molecule has 0 saturated carbocycles. The number of nitrogen functional groups attached to an aromatic ring is 2. The van der Waals surface area contributed by atoms with Crippen molar-refractivity contribution >= 4 is 59.0 Å². The van der Waals surface area contributed by atoms with Crippen LogP contribution in [-0.2, 0) is 34.1 Å². The number of rotatable bonds is 8. The number of phenols is 4. The molecule has 0 saturated heterocycles. The fourth-order valence-corrected chi connectivity index (χ4v) is 4.45. The number of aromatic hydroxyl groups is 4. The molecule has 272 valence electrons. The number of nitrogens with two attached hydrogens (primary N) is 2. The van der Waals surface area contributed by atoms with Gasteiger partial charge in [-0.15, -0.1) is 0 Å². The number of hydrogen-bond acceptors (Lipinski definition) is 10. The van der Waals surface area contributed by atoms with Gasteiger partial charge in [0, 0.05) is 92.6 Å². The largest absolute Gasteiger partial charge is 0.507 e. The molecule has 0 aliphatic rings. The van der Waals surface area contributed by atoms with Crippen molar-refractivity contribution in [1.29, 1.82) is 0 Å². The van der Waals surface area contributed by atoms with Crippen LogP contribution in [0.1, 0.15) is 22.3 Å². The molecule has 13 heteroatoms. The predicted molar refractivity (Wildman–Crippen MR) is 207 cm³/mol. The third-order valence-corrected chi connectivity index (χ3v) is 7.12. The molecule has 0 bridgehead atoms. The molecule has 0 unspecified atom stereocenters. The van der Waals surface area contributed by atoms with Crippen LogP contribution in [0.5, 0.6) is 23.0 Å². The molecular formula is C40H36Fe2N6O5. The van der Waals surface area contributed by atoms with E-state index in [1.54, 1.807) is 134 Å². The first-order valence-corrected chi connectivity index (χ1v) is 15.3. The van der Waals surface area contributed by atoms with Crippen molar-refractivity contribution in [2.24, 2.45) is 20.0 Å². The van der Waals surface area contributed by atoms with Crippen molar-refractivity contribution in [2.45, 2.75) is 0 Å². The van der Waals surface area contributed by atoms with Crippen molar-refractivity contribution < 1.29 is 60.0 Å². The van der Waals surface area contributed by atoms with Gasteiger partial charge in [0.25, 0.3) is 0 Å². The monoisotopic (exact) mass is 792 g/mol. The van der Waals surface area contributed by atoms with E-state index in [4.69, 9.17) is 11.5 Å². The topological polar surface area (TPSA) is 214 Å². The van der Waals surface area contributed by atoms with E-state index in [9.17, 15) is 20.4 Å². The van der Waals surface area contributed by atoms with Crippen LogP contribution in [0.3, 0.4) is 0 Å². The number of benzene rings is 6. The van der Waals surface area contributed by atoms with Gasteiger partial charge >= 0.3 is 0 Å². The smallest absolute Gasteiger partial charge is 0.124 e. The van der Waals surface area contributed by atoms with Crippen LogP contribution in [0, 0.1) is 0 Å². The maximum Gasteiger partial charge on any atom is 0.124 e. The summed E-state index contributed by atoms with van der Waals surface area (Å²) in [5, 5.41) is 39.3. The van der Waals surface area contributed by atoms with Gasteiger partial charge in [-0.2, -0.15) is 0 Å². The van der Waals surface area contributed by atoms with Crippen LogP contribution in [-0.4, -0.2) is 50.8 Å². The second-order valence-electron chi connectivity index (χ2n) is 10.8. The third kappa shape index (κ3) is 12.5. The van der Waals surface area contributed by atoms with Gasteiger partial charge in [-0.3, -0.25) is 20.0 Å². The maximum absolute atomic E-state index is 9.82. The minimum Gasteiger partial charge on any atom is -0.507 e. The molecule has 0 aliphatic heterocycles. The van der Waals surface area contributed by atoms with E-state index in [0.717, 1.165) is 0 Å². The number of phenolic OH excluding ortho intramolecular Hbond substituents is 4. The van der Waals surface area contributed by atoms with Gasteiger partial charge in [-0.05, 0) is 84.9 Å². The van der Waals surface area contributed by atoms with Crippen molar-refractivity contribution in [3.8, 4) is 23.0 Å². The summed E-state index contributed by atoms with van der Waals surface area (Å²) in [4.78, 5) is 17.6. The van der Waals surface area contributed by atoms with Gasteiger partial charge in [0.2, 0.25) is 0 Å². The van der Waals surface area contributed by atoms with Crippen LogP contribution in [0.25, 0.3) is 0 Å². The van der Waals surface area contributed by atoms with Crippen LogP contribution in [0.4, 0.5) is 34.1 Å². The third-order valence-electron chi connectivity index (χ3n) is 7.12. The molecule has 11 nitrogen and oxygen atoms in total. The van der Waals surface area contributed by atoms with Gasteiger partial charge in [0.05, 0.1) is 22.7 Å². The van der Waals surface area contributed by atoms with E-state index in [2.05, 4.69) is 20.0 Å². The summed E-state index contributed by atoms with van der Waals surface area (Å²) in [5.41, 5.74) is 17.5. The first-order chi connectivity index (χ1) is 24.3. The first kappa shape index (κ1) is 43.0. The van der Waals surface area contributed by atoms with E-state index in [1.165, 1.54) is 0 Å². The van der Waals surface area contributed by atoms with E-state index >= 15 is 0 Å². The number of nitrogens with zero attached hydrogens (tertiary/aromatic N) is 4. The number of para-hydroxylation sites is 4. The Labute approximate surface area is 327 Å². The van der Waals surface area contributed by atoms with Crippen molar-refractivity contribution in [1.82, 2.24) is 0 Å². The van der Waals surface area contributed by atoms with Gasteiger partial charge in [-0.25, -0.2) is 0 Å². The maximum atomic E-state index is 9.82. The summed E-state index contributed by atoms with van der Waals surface area (Å²) in [5.74, 6) is 0.603. The molecule has 6 rings (SSSR count). The molecule has 10 N–H and O–H groups in total. The van der Waals surface area contributed by atoms with E-state index in [-0.39, 0.29) is 62.6 Å². The first-order valence-electron chi connectivity index (χ1n) is 15.3. The normalized spacial score (nSPS) is 10.7. The van der Waals surface area contributed by atoms with Crippen molar-refractivity contribution in [2.75, 3.05) is 11.5 Å². The second kappa shape index (κ2) is 21.2.